The largest absolute Gasteiger partial charge is 0.353 e. The number of hydrogen-bond acceptors (Lipinski definition) is 4. The first kappa shape index (κ1) is 14.2. The molecule has 1 atom stereocenters. The Kier molecular flexibility index (Phi) is 4.57. The van der Waals surface area contributed by atoms with Crippen molar-refractivity contribution in [2.75, 3.05) is 13.2 Å². The summed E-state index contributed by atoms with van der Waals surface area (Å²) in [6.07, 6.45) is 8.11. The second-order valence-corrected chi connectivity index (χ2v) is 5.02. The van der Waals surface area contributed by atoms with E-state index in [4.69, 9.17) is 9.47 Å². The van der Waals surface area contributed by atoms with Crippen LogP contribution in [-0.4, -0.2) is 34.3 Å². The first-order valence-corrected chi connectivity index (χ1v) is 7.19. The minimum atomic E-state index is -0.300. The van der Waals surface area contributed by atoms with Crippen LogP contribution in [0.15, 0.2) is 30.7 Å². The highest BCUT2D eigenvalue weighted by Crippen LogP contribution is 2.17. The first-order chi connectivity index (χ1) is 10.3. The van der Waals surface area contributed by atoms with Crippen LogP contribution in [0.5, 0.6) is 0 Å². The third-order valence-corrected chi connectivity index (χ3v) is 3.41. The SMILES string of the molecule is Fc1ccnc(-c2cnn(CCOC3CCCCO3)c2)c1. The van der Waals surface area contributed by atoms with Crippen LogP contribution >= 0.6 is 0 Å². The van der Waals surface area contributed by atoms with Crippen molar-refractivity contribution in [2.45, 2.75) is 32.1 Å². The fourth-order valence-electron chi connectivity index (χ4n) is 2.30. The quantitative estimate of drug-likeness (QED) is 0.849. The van der Waals surface area contributed by atoms with E-state index < -0.39 is 0 Å². The van der Waals surface area contributed by atoms with Crippen molar-refractivity contribution in [3.8, 4) is 11.3 Å². The summed E-state index contributed by atoms with van der Waals surface area (Å²) in [7, 11) is 0. The van der Waals surface area contributed by atoms with E-state index in [1.54, 1.807) is 10.9 Å². The van der Waals surface area contributed by atoms with Crippen molar-refractivity contribution in [1.29, 1.82) is 0 Å². The van der Waals surface area contributed by atoms with Crippen LogP contribution in [0, 0.1) is 5.82 Å². The summed E-state index contributed by atoms with van der Waals surface area (Å²) in [6, 6.07) is 2.72. The van der Waals surface area contributed by atoms with Crippen molar-refractivity contribution in [3.05, 3.63) is 36.5 Å². The van der Waals surface area contributed by atoms with Crippen LogP contribution in [0.3, 0.4) is 0 Å². The average molecular weight is 291 g/mol. The smallest absolute Gasteiger partial charge is 0.157 e. The van der Waals surface area contributed by atoms with Crippen molar-refractivity contribution in [3.63, 3.8) is 0 Å². The topological polar surface area (TPSA) is 49.2 Å². The summed E-state index contributed by atoms with van der Waals surface area (Å²) in [6.45, 7) is 1.96. The van der Waals surface area contributed by atoms with Gasteiger partial charge in [0.2, 0.25) is 0 Å². The lowest BCUT2D eigenvalue weighted by atomic mass is 10.2. The summed E-state index contributed by atoms with van der Waals surface area (Å²) in [5.74, 6) is -0.300. The molecule has 0 spiro atoms. The number of hydrogen-bond donors (Lipinski definition) is 0. The third kappa shape index (κ3) is 3.86. The first-order valence-electron chi connectivity index (χ1n) is 7.19. The molecule has 1 aliphatic heterocycles. The molecule has 5 nitrogen and oxygen atoms in total. The van der Waals surface area contributed by atoms with E-state index in [0.29, 0.717) is 18.8 Å². The van der Waals surface area contributed by atoms with Gasteiger partial charge < -0.3 is 9.47 Å². The molecule has 0 amide bonds. The number of ether oxygens (including phenoxy) is 2. The van der Waals surface area contributed by atoms with Gasteiger partial charge in [0.25, 0.3) is 0 Å². The average Bonchev–Trinajstić information content (AvgIpc) is 2.97. The Balaban J connectivity index is 1.53. The lowest BCUT2D eigenvalue weighted by molar-refractivity contribution is -0.163. The van der Waals surface area contributed by atoms with Gasteiger partial charge in [-0.05, 0) is 25.3 Å². The van der Waals surface area contributed by atoms with Crippen LogP contribution in [-0.2, 0) is 16.0 Å². The van der Waals surface area contributed by atoms with E-state index in [2.05, 4.69) is 10.1 Å². The molecule has 0 saturated carbocycles. The van der Waals surface area contributed by atoms with Gasteiger partial charge in [0, 0.05) is 30.6 Å². The molecular formula is C15H18FN3O2. The number of rotatable bonds is 5. The summed E-state index contributed by atoms with van der Waals surface area (Å²) in [4.78, 5) is 4.13. The Morgan fingerprint density at radius 2 is 2.38 bits per heavy atom. The summed E-state index contributed by atoms with van der Waals surface area (Å²) in [5, 5.41) is 4.24. The molecule has 3 heterocycles. The molecule has 6 heteroatoms. The minimum absolute atomic E-state index is 0.0846. The third-order valence-electron chi connectivity index (χ3n) is 3.41. The van der Waals surface area contributed by atoms with Gasteiger partial charge in [-0.2, -0.15) is 5.10 Å². The molecule has 1 aliphatic rings. The monoisotopic (exact) mass is 291 g/mol. The van der Waals surface area contributed by atoms with Gasteiger partial charge in [0.05, 0.1) is 25.0 Å². The summed E-state index contributed by atoms with van der Waals surface area (Å²) >= 11 is 0. The maximum absolute atomic E-state index is 13.2. The molecule has 21 heavy (non-hydrogen) atoms. The van der Waals surface area contributed by atoms with Crippen molar-refractivity contribution < 1.29 is 13.9 Å². The number of pyridine rings is 1. The molecule has 3 rings (SSSR count). The maximum Gasteiger partial charge on any atom is 0.157 e. The molecule has 1 saturated heterocycles. The van der Waals surface area contributed by atoms with Crippen molar-refractivity contribution in [1.82, 2.24) is 14.8 Å². The zero-order valence-electron chi connectivity index (χ0n) is 11.7. The predicted molar refractivity (Wildman–Crippen MR) is 75.0 cm³/mol. The molecular weight excluding hydrogens is 273 g/mol. The van der Waals surface area contributed by atoms with Gasteiger partial charge in [0.15, 0.2) is 6.29 Å². The standard InChI is InChI=1S/C15H18FN3O2/c16-13-4-5-17-14(9-13)12-10-18-19(11-12)6-8-21-15-3-1-2-7-20-15/h4-5,9-11,15H,1-3,6-8H2. The van der Waals surface area contributed by atoms with Crippen molar-refractivity contribution >= 4 is 0 Å². The van der Waals surface area contributed by atoms with E-state index in [1.165, 1.54) is 18.3 Å². The fourth-order valence-corrected chi connectivity index (χ4v) is 2.30. The number of aromatic nitrogens is 3. The summed E-state index contributed by atoms with van der Waals surface area (Å²) in [5.41, 5.74) is 1.38. The van der Waals surface area contributed by atoms with Crippen molar-refractivity contribution in [2.24, 2.45) is 0 Å². The second-order valence-electron chi connectivity index (χ2n) is 5.02. The minimum Gasteiger partial charge on any atom is -0.353 e. The van der Waals surface area contributed by atoms with Gasteiger partial charge in [-0.25, -0.2) is 4.39 Å². The van der Waals surface area contributed by atoms with Crippen LogP contribution in [0.4, 0.5) is 4.39 Å². The Morgan fingerprint density at radius 1 is 1.43 bits per heavy atom. The highest BCUT2D eigenvalue weighted by atomic mass is 19.1. The lowest BCUT2D eigenvalue weighted by Gasteiger charge is -2.22. The highest BCUT2D eigenvalue weighted by Gasteiger charge is 2.13. The van der Waals surface area contributed by atoms with E-state index in [9.17, 15) is 4.39 Å². The fraction of sp³-hybridized carbons (Fsp3) is 0.467. The lowest BCUT2D eigenvalue weighted by Crippen LogP contribution is -2.24. The Bertz CT molecular complexity index is 582. The molecule has 1 unspecified atom stereocenters. The Hall–Kier alpha value is -1.79. The van der Waals surface area contributed by atoms with E-state index in [-0.39, 0.29) is 12.1 Å². The van der Waals surface area contributed by atoms with Crippen LogP contribution in [0.1, 0.15) is 19.3 Å². The Labute approximate surface area is 122 Å². The molecule has 1 fully saturated rings. The second kappa shape index (κ2) is 6.78. The highest BCUT2D eigenvalue weighted by molar-refractivity contribution is 5.56. The predicted octanol–water partition coefficient (Wildman–Crippen LogP) is 2.63. The van der Waals surface area contributed by atoms with Gasteiger partial charge >= 0.3 is 0 Å². The van der Waals surface area contributed by atoms with Crippen LogP contribution in [0.25, 0.3) is 11.3 Å². The number of nitrogens with zero attached hydrogens (tertiary/aromatic N) is 3. The van der Waals surface area contributed by atoms with Gasteiger partial charge in [-0.1, -0.05) is 0 Å². The molecule has 0 aliphatic carbocycles. The molecule has 0 N–H and O–H groups in total. The number of halogens is 1. The van der Waals surface area contributed by atoms with E-state index in [1.807, 2.05) is 6.20 Å². The van der Waals surface area contributed by atoms with Gasteiger partial charge in [0.1, 0.15) is 5.82 Å². The molecule has 112 valence electrons. The van der Waals surface area contributed by atoms with E-state index >= 15 is 0 Å². The molecule has 0 bridgehead atoms. The van der Waals surface area contributed by atoms with Crippen LogP contribution in [0.2, 0.25) is 0 Å². The molecule has 2 aromatic heterocycles. The zero-order chi connectivity index (χ0) is 14.5. The molecule has 0 radical (unpaired) electrons. The zero-order valence-corrected chi connectivity index (χ0v) is 11.7. The Morgan fingerprint density at radius 3 is 3.19 bits per heavy atom. The van der Waals surface area contributed by atoms with Crippen LogP contribution < -0.4 is 0 Å². The van der Waals surface area contributed by atoms with Gasteiger partial charge in [-0.15, -0.1) is 0 Å². The normalized spacial score (nSPS) is 18.8. The summed E-state index contributed by atoms with van der Waals surface area (Å²) < 4.78 is 26.1. The molecule has 0 aromatic carbocycles. The van der Waals surface area contributed by atoms with E-state index in [0.717, 1.165) is 31.4 Å². The van der Waals surface area contributed by atoms with Gasteiger partial charge in [-0.3, -0.25) is 9.67 Å². The maximum atomic E-state index is 13.2. The molecule has 2 aromatic rings.